The number of benzene rings is 1. The summed E-state index contributed by atoms with van der Waals surface area (Å²) in [5, 5.41) is 18.7. The highest BCUT2D eigenvalue weighted by Crippen LogP contribution is 2.28. The third-order valence-electron chi connectivity index (χ3n) is 4.71. The smallest absolute Gasteiger partial charge is 0.257 e. The van der Waals surface area contributed by atoms with E-state index in [2.05, 4.69) is 0 Å². The van der Waals surface area contributed by atoms with Crippen molar-refractivity contribution in [1.82, 2.24) is 9.80 Å². The van der Waals surface area contributed by atoms with Crippen molar-refractivity contribution in [2.75, 3.05) is 53.6 Å². The Morgan fingerprint density at radius 1 is 1.33 bits per heavy atom. The topological polar surface area (TPSA) is 73.2 Å². The molecule has 1 aliphatic rings. The molecule has 0 aliphatic carbocycles. The van der Waals surface area contributed by atoms with Gasteiger partial charge in [0.25, 0.3) is 5.91 Å². The van der Waals surface area contributed by atoms with Gasteiger partial charge in [-0.05, 0) is 37.6 Å². The Hall–Kier alpha value is -1.63. The number of amides is 1. The summed E-state index contributed by atoms with van der Waals surface area (Å²) in [4.78, 5) is 16.7. The van der Waals surface area contributed by atoms with E-state index in [4.69, 9.17) is 9.84 Å². The fourth-order valence-corrected chi connectivity index (χ4v) is 3.33. The molecule has 0 bridgehead atoms. The first-order valence-corrected chi connectivity index (χ1v) is 8.34. The van der Waals surface area contributed by atoms with E-state index in [0.29, 0.717) is 30.9 Å². The van der Waals surface area contributed by atoms with Crippen LogP contribution in [0.25, 0.3) is 0 Å². The molecule has 0 spiro atoms. The number of aliphatic hydroxyl groups is 2. The maximum atomic E-state index is 12.9. The first kappa shape index (κ1) is 18.7. The van der Waals surface area contributed by atoms with Gasteiger partial charge in [-0.15, -0.1) is 0 Å². The lowest BCUT2D eigenvalue weighted by molar-refractivity contribution is 0.0775. The number of aryl methyl sites for hydroxylation is 1. The van der Waals surface area contributed by atoms with Gasteiger partial charge in [0, 0.05) is 38.7 Å². The Bertz CT molecular complexity index is 564. The quantitative estimate of drug-likeness (QED) is 0.763. The summed E-state index contributed by atoms with van der Waals surface area (Å²) in [5.74, 6) is 0.789. The van der Waals surface area contributed by atoms with Crippen LogP contribution in [-0.4, -0.2) is 79.5 Å². The fourth-order valence-electron chi connectivity index (χ4n) is 3.33. The van der Waals surface area contributed by atoms with Crippen LogP contribution in [0.15, 0.2) is 18.2 Å². The number of likely N-dealkylation sites (N-methyl/N-ethyl adjacent to an activating group) is 1. The zero-order valence-corrected chi connectivity index (χ0v) is 14.7. The molecule has 0 aromatic heterocycles. The number of nitrogens with zero attached hydrogens (tertiary/aromatic N) is 2. The van der Waals surface area contributed by atoms with Crippen molar-refractivity contribution in [3.63, 3.8) is 0 Å². The highest BCUT2D eigenvalue weighted by Gasteiger charge is 2.36. The molecule has 1 amide bonds. The summed E-state index contributed by atoms with van der Waals surface area (Å²) in [6.07, 6.45) is 0. The molecule has 0 saturated carbocycles. The van der Waals surface area contributed by atoms with Crippen LogP contribution in [0.5, 0.6) is 5.75 Å². The van der Waals surface area contributed by atoms with Gasteiger partial charge in [-0.2, -0.15) is 0 Å². The van der Waals surface area contributed by atoms with Crippen molar-refractivity contribution < 1.29 is 19.7 Å². The number of hydrogen-bond acceptors (Lipinski definition) is 5. The fraction of sp³-hybridized carbons (Fsp3) is 0.611. The van der Waals surface area contributed by atoms with E-state index >= 15 is 0 Å². The average molecular weight is 336 g/mol. The molecule has 1 aromatic carbocycles. The number of methoxy groups -OCH3 is 1. The Morgan fingerprint density at radius 2 is 2.04 bits per heavy atom. The summed E-state index contributed by atoms with van der Waals surface area (Å²) in [7, 11) is 3.51. The second kappa shape index (κ2) is 8.46. The lowest BCUT2D eigenvalue weighted by Crippen LogP contribution is -2.33. The number of ether oxygens (including phenoxy) is 1. The summed E-state index contributed by atoms with van der Waals surface area (Å²) < 4.78 is 5.35. The molecule has 2 N–H and O–H groups in total. The number of aliphatic hydroxyl groups excluding tert-OH is 2. The number of hydrogen-bond donors (Lipinski definition) is 2. The maximum absolute atomic E-state index is 12.9. The molecule has 1 aromatic rings. The second-order valence-corrected chi connectivity index (χ2v) is 6.60. The summed E-state index contributed by atoms with van der Waals surface area (Å²) in [5.41, 5.74) is 1.60. The highest BCUT2D eigenvalue weighted by atomic mass is 16.5. The normalized spacial score (nSPS) is 20.7. The minimum Gasteiger partial charge on any atom is -0.496 e. The molecule has 24 heavy (non-hydrogen) atoms. The van der Waals surface area contributed by atoms with E-state index in [1.165, 1.54) is 0 Å². The van der Waals surface area contributed by atoms with E-state index in [-0.39, 0.29) is 31.0 Å². The first-order chi connectivity index (χ1) is 11.5. The Kier molecular flexibility index (Phi) is 6.60. The van der Waals surface area contributed by atoms with Crippen molar-refractivity contribution in [1.29, 1.82) is 0 Å². The van der Waals surface area contributed by atoms with Gasteiger partial charge in [0.15, 0.2) is 0 Å². The molecule has 1 fully saturated rings. The van der Waals surface area contributed by atoms with Crippen LogP contribution in [-0.2, 0) is 0 Å². The van der Waals surface area contributed by atoms with E-state index in [0.717, 1.165) is 12.1 Å². The molecule has 2 unspecified atom stereocenters. The Morgan fingerprint density at radius 3 is 2.67 bits per heavy atom. The average Bonchev–Trinajstić information content (AvgIpc) is 2.97. The second-order valence-electron chi connectivity index (χ2n) is 6.60. The van der Waals surface area contributed by atoms with Gasteiger partial charge in [-0.1, -0.05) is 6.07 Å². The van der Waals surface area contributed by atoms with Crippen LogP contribution in [0.2, 0.25) is 0 Å². The van der Waals surface area contributed by atoms with Gasteiger partial charge >= 0.3 is 0 Å². The molecule has 134 valence electrons. The summed E-state index contributed by atoms with van der Waals surface area (Å²) >= 11 is 0. The zero-order valence-electron chi connectivity index (χ0n) is 14.7. The molecular weight excluding hydrogens is 308 g/mol. The summed E-state index contributed by atoms with van der Waals surface area (Å²) in [6, 6.07) is 5.57. The molecule has 6 nitrogen and oxygen atoms in total. The maximum Gasteiger partial charge on any atom is 0.257 e. The van der Waals surface area contributed by atoms with E-state index in [9.17, 15) is 9.90 Å². The van der Waals surface area contributed by atoms with Crippen molar-refractivity contribution in [2.24, 2.45) is 11.8 Å². The zero-order chi connectivity index (χ0) is 17.7. The number of likely N-dealkylation sites (tertiary alicyclic amines) is 1. The number of carbonyl (C=O) groups excluding carboxylic acids is 1. The van der Waals surface area contributed by atoms with Gasteiger partial charge in [0.2, 0.25) is 0 Å². The van der Waals surface area contributed by atoms with Crippen molar-refractivity contribution in [3.05, 3.63) is 29.3 Å². The van der Waals surface area contributed by atoms with Crippen LogP contribution in [0, 0.1) is 18.8 Å². The predicted molar refractivity (Wildman–Crippen MR) is 92.3 cm³/mol. The standard InChI is InChI=1S/C18H28N2O4/c1-13-4-5-16(17(8-13)24-3)18(23)20-10-14(15(11-20)12-22)9-19(2)6-7-21/h4-5,8,14-15,21-22H,6-7,9-12H2,1-3H3. The third-order valence-corrected chi connectivity index (χ3v) is 4.71. The molecule has 6 heteroatoms. The van der Waals surface area contributed by atoms with E-state index < -0.39 is 0 Å². The summed E-state index contributed by atoms with van der Waals surface area (Å²) in [6.45, 7) is 4.62. The lowest BCUT2D eigenvalue weighted by Gasteiger charge is -2.23. The lowest BCUT2D eigenvalue weighted by atomic mass is 9.96. The highest BCUT2D eigenvalue weighted by molar-refractivity contribution is 5.97. The van der Waals surface area contributed by atoms with Gasteiger partial charge in [0.05, 0.1) is 19.3 Å². The van der Waals surface area contributed by atoms with Gasteiger partial charge < -0.3 is 24.7 Å². The van der Waals surface area contributed by atoms with Gasteiger partial charge in [0.1, 0.15) is 5.75 Å². The minimum atomic E-state index is -0.0578. The SMILES string of the molecule is COc1cc(C)ccc1C(=O)N1CC(CO)C(CN(C)CCO)C1. The van der Waals surface area contributed by atoms with Crippen LogP contribution in [0.4, 0.5) is 0 Å². The molecule has 1 aliphatic heterocycles. The minimum absolute atomic E-state index is 0.0578. The Labute approximate surface area is 143 Å². The van der Waals surface area contributed by atoms with E-state index in [1.807, 2.05) is 31.0 Å². The third kappa shape index (κ3) is 4.26. The molecule has 2 rings (SSSR count). The number of rotatable bonds is 7. The first-order valence-electron chi connectivity index (χ1n) is 8.34. The Balaban J connectivity index is 2.11. The molecule has 2 atom stereocenters. The van der Waals surface area contributed by atoms with E-state index in [1.54, 1.807) is 18.1 Å². The molecule has 0 radical (unpaired) electrons. The van der Waals surface area contributed by atoms with Crippen molar-refractivity contribution in [3.8, 4) is 5.75 Å². The molecular formula is C18H28N2O4. The molecule has 1 heterocycles. The van der Waals surface area contributed by atoms with Crippen LogP contribution in [0.3, 0.4) is 0 Å². The van der Waals surface area contributed by atoms with Crippen molar-refractivity contribution >= 4 is 5.91 Å². The van der Waals surface area contributed by atoms with Crippen LogP contribution >= 0.6 is 0 Å². The number of carbonyl (C=O) groups is 1. The monoisotopic (exact) mass is 336 g/mol. The van der Waals surface area contributed by atoms with Gasteiger partial charge in [-0.25, -0.2) is 0 Å². The van der Waals surface area contributed by atoms with Crippen LogP contribution in [0.1, 0.15) is 15.9 Å². The van der Waals surface area contributed by atoms with Gasteiger partial charge in [-0.3, -0.25) is 4.79 Å². The largest absolute Gasteiger partial charge is 0.496 e. The predicted octanol–water partition coefficient (Wildman–Crippen LogP) is 0.608. The van der Waals surface area contributed by atoms with Crippen molar-refractivity contribution in [2.45, 2.75) is 6.92 Å². The molecule has 1 saturated heterocycles. The van der Waals surface area contributed by atoms with Crippen LogP contribution < -0.4 is 4.74 Å².